The Labute approximate surface area is 97.9 Å². The Balaban J connectivity index is 3.29. The first kappa shape index (κ1) is 12.7. The number of rotatable bonds is 5. The van der Waals surface area contributed by atoms with Crippen molar-refractivity contribution in [2.75, 3.05) is 18.5 Å². The van der Waals surface area contributed by atoms with Gasteiger partial charge in [-0.3, -0.25) is 10.1 Å². The monoisotopic (exact) mass is 236 g/mol. The van der Waals surface area contributed by atoms with Crippen molar-refractivity contribution >= 4 is 17.3 Å². The van der Waals surface area contributed by atoms with Crippen LogP contribution in [0.4, 0.5) is 11.4 Å². The van der Waals surface area contributed by atoms with Gasteiger partial charge in [-0.25, -0.2) is 4.79 Å². The molecule has 0 bridgehead atoms. The molecule has 0 spiro atoms. The Hall–Kier alpha value is -2.37. The molecule has 0 atom stereocenters. The standard InChI is InChI=1S/C11H12N2O4/c1-3-6-12(2)10-7-8(13(16)17)4-5-9(10)11(14)15/h3-5,7H,1,6H2,2H3,(H,14,15). The number of anilines is 1. The number of hydrogen-bond acceptors (Lipinski definition) is 4. The second-order valence-corrected chi connectivity index (χ2v) is 3.43. The molecule has 0 radical (unpaired) electrons. The van der Waals surface area contributed by atoms with Gasteiger partial charge in [-0.05, 0) is 6.07 Å². The average Bonchev–Trinajstić information content (AvgIpc) is 2.28. The number of non-ortho nitro benzene ring substituents is 1. The van der Waals surface area contributed by atoms with E-state index in [9.17, 15) is 14.9 Å². The summed E-state index contributed by atoms with van der Waals surface area (Å²) in [6.07, 6.45) is 1.59. The van der Waals surface area contributed by atoms with Gasteiger partial charge in [0.1, 0.15) is 0 Å². The summed E-state index contributed by atoms with van der Waals surface area (Å²) in [6, 6.07) is 3.65. The number of nitro groups is 1. The highest BCUT2D eigenvalue weighted by molar-refractivity contribution is 5.95. The Bertz CT molecular complexity index is 471. The molecular formula is C11H12N2O4. The number of aromatic carboxylic acids is 1. The first-order valence-electron chi connectivity index (χ1n) is 4.81. The van der Waals surface area contributed by atoms with Gasteiger partial charge in [0.05, 0.1) is 16.2 Å². The van der Waals surface area contributed by atoms with Gasteiger partial charge < -0.3 is 10.0 Å². The molecule has 0 heterocycles. The lowest BCUT2D eigenvalue weighted by Crippen LogP contribution is -2.19. The van der Waals surface area contributed by atoms with Gasteiger partial charge >= 0.3 is 5.97 Å². The molecule has 6 heteroatoms. The van der Waals surface area contributed by atoms with Crippen molar-refractivity contribution in [1.29, 1.82) is 0 Å². The quantitative estimate of drug-likeness (QED) is 0.479. The number of hydrogen-bond donors (Lipinski definition) is 1. The zero-order valence-electron chi connectivity index (χ0n) is 9.29. The van der Waals surface area contributed by atoms with Crippen LogP contribution < -0.4 is 4.90 Å². The molecule has 1 rings (SSSR count). The molecule has 0 saturated carbocycles. The van der Waals surface area contributed by atoms with E-state index in [1.165, 1.54) is 18.2 Å². The van der Waals surface area contributed by atoms with Gasteiger partial charge in [0, 0.05) is 25.7 Å². The highest BCUT2D eigenvalue weighted by Crippen LogP contribution is 2.25. The maximum atomic E-state index is 11.0. The van der Waals surface area contributed by atoms with Crippen molar-refractivity contribution < 1.29 is 14.8 Å². The van der Waals surface area contributed by atoms with E-state index in [0.29, 0.717) is 12.2 Å². The Morgan fingerprint density at radius 3 is 2.76 bits per heavy atom. The van der Waals surface area contributed by atoms with Crippen LogP contribution in [0.2, 0.25) is 0 Å². The molecule has 0 saturated heterocycles. The molecule has 90 valence electrons. The second kappa shape index (κ2) is 5.11. The Morgan fingerprint density at radius 2 is 2.29 bits per heavy atom. The summed E-state index contributed by atoms with van der Waals surface area (Å²) in [5, 5.41) is 19.6. The summed E-state index contributed by atoms with van der Waals surface area (Å²) < 4.78 is 0. The number of carboxylic acids is 1. The van der Waals surface area contributed by atoms with E-state index in [1.807, 2.05) is 0 Å². The fourth-order valence-corrected chi connectivity index (χ4v) is 1.42. The summed E-state index contributed by atoms with van der Waals surface area (Å²) >= 11 is 0. The van der Waals surface area contributed by atoms with E-state index in [1.54, 1.807) is 18.0 Å². The van der Waals surface area contributed by atoms with Crippen molar-refractivity contribution in [2.24, 2.45) is 0 Å². The Morgan fingerprint density at radius 1 is 1.65 bits per heavy atom. The summed E-state index contributed by atoms with van der Waals surface area (Å²) in [4.78, 5) is 22.7. The van der Waals surface area contributed by atoms with E-state index >= 15 is 0 Å². The lowest BCUT2D eigenvalue weighted by Gasteiger charge is -2.18. The first-order valence-corrected chi connectivity index (χ1v) is 4.81. The smallest absolute Gasteiger partial charge is 0.337 e. The van der Waals surface area contributed by atoms with Crippen LogP contribution in [-0.2, 0) is 0 Å². The molecule has 0 fully saturated rings. The maximum Gasteiger partial charge on any atom is 0.337 e. The van der Waals surface area contributed by atoms with Gasteiger partial charge in [-0.1, -0.05) is 6.08 Å². The van der Waals surface area contributed by atoms with E-state index < -0.39 is 10.9 Å². The molecule has 0 amide bonds. The van der Waals surface area contributed by atoms with Crippen LogP contribution in [0, 0.1) is 10.1 Å². The van der Waals surface area contributed by atoms with E-state index in [-0.39, 0.29) is 11.3 Å². The Kier molecular flexibility index (Phi) is 3.82. The first-order chi connectivity index (χ1) is 7.97. The second-order valence-electron chi connectivity index (χ2n) is 3.43. The summed E-state index contributed by atoms with van der Waals surface area (Å²) in [5.41, 5.74) is 0.187. The number of carboxylic acid groups (broad SMARTS) is 1. The predicted octanol–water partition coefficient (Wildman–Crippen LogP) is 1.92. The lowest BCUT2D eigenvalue weighted by atomic mass is 10.1. The number of nitrogens with zero attached hydrogens (tertiary/aromatic N) is 2. The van der Waals surface area contributed by atoms with Crippen LogP contribution >= 0.6 is 0 Å². The molecule has 1 aromatic rings. The molecule has 0 unspecified atom stereocenters. The van der Waals surface area contributed by atoms with Crippen LogP contribution in [0.3, 0.4) is 0 Å². The maximum absolute atomic E-state index is 11.0. The number of benzene rings is 1. The van der Waals surface area contributed by atoms with Gasteiger partial charge in [0.2, 0.25) is 0 Å². The molecule has 0 aliphatic heterocycles. The van der Waals surface area contributed by atoms with E-state index in [4.69, 9.17) is 5.11 Å². The number of carbonyl (C=O) groups is 1. The fourth-order valence-electron chi connectivity index (χ4n) is 1.42. The van der Waals surface area contributed by atoms with Crippen LogP contribution in [0.5, 0.6) is 0 Å². The summed E-state index contributed by atoms with van der Waals surface area (Å²) in [7, 11) is 1.65. The minimum atomic E-state index is -1.12. The fraction of sp³-hybridized carbons (Fsp3) is 0.182. The minimum Gasteiger partial charge on any atom is -0.478 e. The van der Waals surface area contributed by atoms with Crippen molar-refractivity contribution in [3.8, 4) is 0 Å². The lowest BCUT2D eigenvalue weighted by molar-refractivity contribution is -0.384. The van der Waals surface area contributed by atoms with E-state index in [0.717, 1.165) is 0 Å². The molecule has 0 aromatic heterocycles. The van der Waals surface area contributed by atoms with Gasteiger partial charge in [0.25, 0.3) is 5.69 Å². The zero-order chi connectivity index (χ0) is 13.0. The molecule has 0 aliphatic carbocycles. The van der Waals surface area contributed by atoms with Crippen LogP contribution in [0.15, 0.2) is 30.9 Å². The molecule has 1 N–H and O–H groups in total. The molecule has 6 nitrogen and oxygen atoms in total. The topological polar surface area (TPSA) is 83.7 Å². The minimum absolute atomic E-state index is 0.0277. The number of nitro benzene ring substituents is 1. The van der Waals surface area contributed by atoms with Crippen LogP contribution in [0.1, 0.15) is 10.4 Å². The van der Waals surface area contributed by atoms with Crippen molar-refractivity contribution in [3.05, 3.63) is 46.5 Å². The SMILES string of the molecule is C=CCN(C)c1cc([N+](=O)[O-])ccc1C(=O)O. The molecule has 0 aliphatic rings. The van der Waals surface area contributed by atoms with Gasteiger partial charge in [0.15, 0.2) is 0 Å². The summed E-state index contributed by atoms with van der Waals surface area (Å²) in [5.74, 6) is -1.12. The van der Waals surface area contributed by atoms with Gasteiger partial charge in [-0.15, -0.1) is 6.58 Å². The van der Waals surface area contributed by atoms with Crippen molar-refractivity contribution in [1.82, 2.24) is 0 Å². The predicted molar refractivity (Wildman–Crippen MR) is 63.5 cm³/mol. The van der Waals surface area contributed by atoms with Crippen LogP contribution in [0.25, 0.3) is 0 Å². The molecule has 17 heavy (non-hydrogen) atoms. The summed E-state index contributed by atoms with van der Waals surface area (Å²) in [6.45, 7) is 3.94. The van der Waals surface area contributed by atoms with Crippen molar-refractivity contribution in [2.45, 2.75) is 0 Å². The normalized spacial score (nSPS) is 9.71. The van der Waals surface area contributed by atoms with Crippen LogP contribution in [-0.4, -0.2) is 29.6 Å². The molecular weight excluding hydrogens is 224 g/mol. The highest BCUT2D eigenvalue weighted by atomic mass is 16.6. The number of likely N-dealkylation sites (N-methyl/N-ethyl adjacent to an activating group) is 1. The third-order valence-corrected chi connectivity index (χ3v) is 2.24. The zero-order valence-corrected chi connectivity index (χ0v) is 9.29. The van der Waals surface area contributed by atoms with Gasteiger partial charge in [-0.2, -0.15) is 0 Å². The van der Waals surface area contributed by atoms with E-state index in [2.05, 4.69) is 6.58 Å². The molecule has 1 aromatic carbocycles. The third kappa shape index (κ3) is 2.81. The largest absolute Gasteiger partial charge is 0.478 e. The third-order valence-electron chi connectivity index (χ3n) is 2.24. The highest BCUT2D eigenvalue weighted by Gasteiger charge is 2.17. The average molecular weight is 236 g/mol. The van der Waals surface area contributed by atoms with Crippen molar-refractivity contribution in [3.63, 3.8) is 0 Å².